The average Bonchev–Trinajstić information content (AvgIpc) is 2.45. The summed E-state index contributed by atoms with van der Waals surface area (Å²) in [6, 6.07) is 12.3. The lowest BCUT2D eigenvalue weighted by Crippen LogP contribution is -2.26. The number of guanidine groups is 1. The number of hydrogen-bond acceptors (Lipinski definition) is 2. The molecule has 2 rings (SSSR count). The van der Waals surface area contributed by atoms with E-state index in [2.05, 4.69) is 15.6 Å². The molecule has 2 aromatic carbocycles. The van der Waals surface area contributed by atoms with Crippen LogP contribution in [0.5, 0.6) is 0 Å². The minimum Gasteiger partial charge on any atom is -0.325 e. The van der Waals surface area contributed by atoms with Gasteiger partial charge in [-0.2, -0.15) is 5.26 Å². The van der Waals surface area contributed by atoms with Crippen molar-refractivity contribution in [1.82, 2.24) is 5.32 Å². The molecule has 0 aliphatic rings. The Kier molecular flexibility index (Phi) is 5.91. The smallest absolute Gasteiger partial charge is 0.209 e. The molecule has 0 aromatic heterocycles. The Hall–Kier alpha value is -1.93. The van der Waals surface area contributed by atoms with Gasteiger partial charge in [0.25, 0.3) is 0 Å². The number of hydrogen-bond donors (Lipinski definition) is 2. The molecule has 0 bridgehead atoms. The van der Waals surface area contributed by atoms with Crippen LogP contribution in [0.1, 0.15) is 5.56 Å². The van der Waals surface area contributed by atoms with Crippen molar-refractivity contribution in [1.29, 1.82) is 5.26 Å². The maximum atomic E-state index is 8.82. The summed E-state index contributed by atoms with van der Waals surface area (Å²) < 4.78 is 0. The van der Waals surface area contributed by atoms with Crippen LogP contribution in [0.15, 0.2) is 47.5 Å². The molecule has 0 fully saturated rings. The molecule has 0 atom stereocenters. The minimum absolute atomic E-state index is 0.278. The normalized spacial score (nSPS) is 10.9. The second kappa shape index (κ2) is 7.90. The third-order valence-electron chi connectivity index (χ3n) is 2.66. The summed E-state index contributed by atoms with van der Waals surface area (Å²) in [5.74, 6) is 0.278. The summed E-state index contributed by atoms with van der Waals surface area (Å²) in [5.41, 5.74) is 1.48. The molecule has 7 heteroatoms. The predicted octanol–water partition coefficient (Wildman–Crippen LogP) is 4.69. The maximum Gasteiger partial charge on any atom is 0.209 e. The van der Waals surface area contributed by atoms with E-state index in [9.17, 15) is 0 Å². The lowest BCUT2D eigenvalue weighted by molar-refractivity contribution is 1.04. The Morgan fingerprint density at radius 3 is 2.41 bits per heavy atom. The van der Waals surface area contributed by atoms with Gasteiger partial charge in [0.15, 0.2) is 6.19 Å². The van der Waals surface area contributed by atoms with Gasteiger partial charge in [0.05, 0.1) is 6.54 Å². The molecule has 0 saturated carbocycles. The van der Waals surface area contributed by atoms with Gasteiger partial charge in [0, 0.05) is 20.8 Å². The van der Waals surface area contributed by atoms with E-state index in [1.54, 1.807) is 24.3 Å². The van der Waals surface area contributed by atoms with E-state index in [0.717, 1.165) is 5.56 Å². The Labute approximate surface area is 143 Å². The molecule has 0 aliphatic carbocycles. The zero-order chi connectivity index (χ0) is 15.9. The van der Waals surface area contributed by atoms with Crippen molar-refractivity contribution >= 4 is 46.4 Å². The van der Waals surface area contributed by atoms with Crippen molar-refractivity contribution in [3.63, 3.8) is 0 Å². The molecular weight excluding hydrogens is 343 g/mol. The molecule has 0 heterocycles. The van der Waals surface area contributed by atoms with E-state index in [0.29, 0.717) is 27.3 Å². The maximum absolute atomic E-state index is 8.82. The van der Waals surface area contributed by atoms with Gasteiger partial charge in [0.2, 0.25) is 5.96 Å². The Bertz CT molecular complexity index is 718. The van der Waals surface area contributed by atoms with Crippen LogP contribution in [0, 0.1) is 11.5 Å². The summed E-state index contributed by atoms with van der Waals surface area (Å²) in [6.07, 6.45) is 1.83. The van der Waals surface area contributed by atoms with Crippen molar-refractivity contribution in [3.05, 3.63) is 63.1 Å². The number of rotatable bonds is 3. The van der Waals surface area contributed by atoms with Crippen molar-refractivity contribution in [2.75, 3.05) is 5.32 Å². The summed E-state index contributed by atoms with van der Waals surface area (Å²) in [5, 5.41) is 15.8. The van der Waals surface area contributed by atoms with E-state index < -0.39 is 0 Å². The summed E-state index contributed by atoms with van der Waals surface area (Å²) in [7, 11) is 0. The van der Waals surface area contributed by atoms with Crippen LogP contribution in [0.3, 0.4) is 0 Å². The molecule has 2 aromatic rings. The van der Waals surface area contributed by atoms with E-state index in [1.165, 1.54) is 0 Å². The highest BCUT2D eigenvalue weighted by Crippen LogP contribution is 2.22. The van der Waals surface area contributed by atoms with Gasteiger partial charge < -0.3 is 5.32 Å². The standard InChI is InChI=1S/C15H11Cl3N4/c16-11-5-12(17)7-13(6-11)22-15(21-9-19)20-8-10-3-1-2-4-14(10)18/h1-7H,8H2,(H2,20,21,22). The van der Waals surface area contributed by atoms with Crippen molar-refractivity contribution in [3.8, 4) is 6.19 Å². The van der Waals surface area contributed by atoms with Crippen molar-refractivity contribution < 1.29 is 0 Å². The van der Waals surface area contributed by atoms with Crippen LogP contribution in [-0.4, -0.2) is 5.96 Å². The highest BCUT2D eigenvalue weighted by atomic mass is 35.5. The van der Waals surface area contributed by atoms with Gasteiger partial charge in [-0.25, -0.2) is 4.99 Å². The Morgan fingerprint density at radius 2 is 1.77 bits per heavy atom. The van der Waals surface area contributed by atoms with Crippen LogP contribution in [-0.2, 0) is 6.54 Å². The van der Waals surface area contributed by atoms with Crippen molar-refractivity contribution in [2.24, 2.45) is 4.99 Å². The number of nitrogens with one attached hydrogen (secondary N) is 2. The first-order chi connectivity index (χ1) is 10.6. The Balaban J connectivity index is 2.17. The fraction of sp³-hybridized carbons (Fsp3) is 0.0667. The van der Waals surface area contributed by atoms with Crippen LogP contribution in [0.25, 0.3) is 0 Å². The lowest BCUT2D eigenvalue weighted by atomic mass is 10.2. The average molecular weight is 354 g/mol. The van der Waals surface area contributed by atoms with E-state index in [1.807, 2.05) is 24.4 Å². The van der Waals surface area contributed by atoms with E-state index in [-0.39, 0.29) is 5.96 Å². The number of benzene rings is 2. The third kappa shape index (κ3) is 4.81. The predicted molar refractivity (Wildman–Crippen MR) is 91.4 cm³/mol. The third-order valence-corrected chi connectivity index (χ3v) is 3.47. The van der Waals surface area contributed by atoms with Gasteiger partial charge in [-0.1, -0.05) is 53.0 Å². The largest absolute Gasteiger partial charge is 0.325 e. The van der Waals surface area contributed by atoms with E-state index >= 15 is 0 Å². The first-order valence-electron chi connectivity index (χ1n) is 6.24. The SMILES string of the molecule is N#CNC(=NCc1ccccc1Cl)Nc1cc(Cl)cc(Cl)c1. The van der Waals surface area contributed by atoms with Gasteiger partial charge in [0.1, 0.15) is 0 Å². The molecule has 0 unspecified atom stereocenters. The van der Waals surface area contributed by atoms with Gasteiger partial charge >= 0.3 is 0 Å². The molecule has 2 N–H and O–H groups in total. The quantitative estimate of drug-likeness (QED) is 0.364. The second-order valence-corrected chi connectivity index (χ2v) is 5.56. The summed E-state index contributed by atoms with van der Waals surface area (Å²) in [4.78, 5) is 4.30. The van der Waals surface area contributed by atoms with Crippen LogP contribution >= 0.6 is 34.8 Å². The highest BCUT2D eigenvalue weighted by Gasteiger charge is 2.04. The number of aliphatic imine (C=N–C) groups is 1. The first-order valence-corrected chi connectivity index (χ1v) is 7.38. The van der Waals surface area contributed by atoms with Crippen molar-refractivity contribution in [2.45, 2.75) is 6.54 Å². The fourth-order valence-corrected chi connectivity index (χ4v) is 2.44. The van der Waals surface area contributed by atoms with E-state index in [4.69, 9.17) is 40.1 Å². The summed E-state index contributed by atoms with van der Waals surface area (Å²) in [6.45, 7) is 0.324. The topological polar surface area (TPSA) is 60.2 Å². The molecule has 0 spiro atoms. The molecule has 4 nitrogen and oxygen atoms in total. The highest BCUT2D eigenvalue weighted by molar-refractivity contribution is 6.35. The molecular formula is C15H11Cl3N4. The number of anilines is 1. The van der Waals surface area contributed by atoms with Gasteiger partial charge in [-0.05, 0) is 29.8 Å². The number of nitriles is 1. The van der Waals surface area contributed by atoms with Crippen LogP contribution < -0.4 is 10.6 Å². The van der Waals surface area contributed by atoms with Gasteiger partial charge in [-0.3, -0.25) is 5.32 Å². The van der Waals surface area contributed by atoms with Crippen LogP contribution in [0.4, 0.5) is 5.69 Å². The molecule has 22 heavy (non-hydrogen) atoms. The number of nitrogens with zero attached hydrogens (tertiary/aromatic N) is 2. The first kappa shape index (κ1) is 16.4. The Morgan fingerprint density at radius 1 is 1.09 bits per heavy atom. The monoisotopic (exact) mass is 352 g/mol. The fourth-order valence-electron chi connectivity index (χ4n) is 1.72. The molecule has 0 aliphatic heterocycles. The molecule has 112 valence electrons. The second-order valence-electron chi connectivity index (χ2n) is 4.28. The number of halogens is 3. The minimum atomic E-state index is 0.278. The zero-order valence-electron chi connectivity index (χ0n) is 11.3. The van der Waals surface area contributed by atoms with Gasteiger partial charge in [-0.15, -0.1) is 0 Å². The zero-order valence-corrected chi connectivity index (χ0v) is 13.5. The van der Waals surface area contributed by atoms with Crippen LogP contribution in [0.2, 0.25) is 15.1 Å². The molecule has 0 radical (unpaired) electrons. The molecule has 0 saturated heterocycles. The summed E-state index contributed by atoms with van der Waals surface area (Å²) >= 11 is 18.0. The lowest BCUT2D eigenvalue weighted by Gasteiger charge is -2.09. The molecule has 0 amide bonds.